The fourth-order valence-electron chi connectivity index (χ4n) is 8.35. The number of carbonyl (C=O) groups is 5. The quantitative estimate of drug-likeness (QED) is 0.253. The highest BCUT2D eigenvalue weighted by Crippen LogP contribution is 2.66. The monoisotopic (exact) mass is 688 g/mol. The Hall–Kier alpha value is -5.43. The summed E-state index contributed by atoms with van der Waals surface area (Å²) in [5, 5.41) is 13.0. The van der Waals surface area contributed by atoms with Gasteiger partial charge >= 0.3 is 6.03 Å². The first-order valence-electron chi connectivity index (χ1n) is 15.4. The van der Waals surface area contributed by atoms with E-state index in [-0.39, 0.29) is 41.3 Å². The van der Waals surface area contributed by atoms with Crippen LogP contribution in [0, 0.1) is 29.5 Å². The van der Waals surface area contributed by atoms with Gasteiger partial charge in [-0.2, -0.15) is 9.91 Å². The van der Waals surface area contributed by atoms with Crippen molar-refractivity contribution in [2.75, 3.05) is 19.6 Å². The number of carbonyl (C=O) groups excluding carboxylic acids is 5. The number of fused-ring (bicyclic) bond motifs is 4. The van der Waals surface area contributed by atoms with Crippen molar-refractivity contribution < 1.29 is 42.9 Å². The van der Waals surface area contributed by atoms with Crippen molar-refractivity contribution in [2.45, 2.75) is 24.2 Å². The van der Waals surface area contributed by atoms with Crippen LogP contribution in [0.5, 0.6) is 17.2 Å². The van der Waals surface area contributed by atoms with Crippen LogP contribution < -0.4 is 20.6 Å². The topological polar surface area (TPSA) is 169 Å². The number of likely N-dealkylation sites (tertiary alicyclic amines) is 1. The summed E-state index contributed by atoms with van der Waals surface area (Å²) < 4.78 is 25.0. The maximum atomic E-state index is 15.2. The second-order valence-corrected chi connectivity index (χ2v) is 12.9. The Labute approximate surface area is 284 Å². The van der Waals surface area contributed by atoms with Gasteiger partial charge in [-0.25, -0.2) is 9.18 Å². The van der Waals surface area contributed by atoms with Gasteiger partial charge in [-0.1, -0.05) is 35.4 Å². The zero-order valence-corrected chi connectivity index (χ0v) is 26.9. The van der Waals surface area contributed by atoms with Crippen LogP contribution in [-0.2, 0) is 24.6 Å². The van der Waals surface area contributed by atoms with Crippen LogP contribution in [0.15, 0.2) is 72.3 Å². The number of phenolic OH excluding ortho intramolecular Hbond substituents is 1. The van der Waals surface area contributed by atoms with Gasteiger partial charge in [0.1, 0.15) is 23.1 Å². The first-order valence-corrected chi connectivity index (χ1v) is 15.8. The van der Waals surface area contributed by atoms with E-state index in [9.17, 15) is 28.7 Å². The molecule has 2 aliphatic heterocycles. The molecule has 2 aliphatic carbocycles. The Morgan fingerprint density at radius 3 is 2.31 bits per heavy atom. The average Bonchev–Trinajstić information content (AvgIpc) is 3.46. The minimum absolute atomic E-state index is 0.0294. The third kappa shape index (κ3) is 4.59. The molecule has 4 aliphatic rings. The van der Waals surface area contributed by atoms with Crippen molar-refractivity contribution >= 4 is 46.9 Å². The summed E-state index contributed by atoms with van der Waals surface area (Å²) in [5.41, 5.74) is 7.83. The third-order valence-electron chi connectivity index (χ3n) is 10.3. The third-order valence-corrected chi connectivity index (χ3v) is 10.6. The number of primary amides is 1. The number of imide groups is 4. The Balaban J connectivity index is 1.51. The van der Waals surface area contributed by atoms with E-state index in [1.165, 1.54) is 50.6 Å². The number of methoxy groups -OCH3 is 2. The SMILES string of the molecule is COc1cc(O)c(C2C3=CCC4C(=O)N(C(N)=O)C(=O)C4C3CC3C(=O)N(Nc4ccc(F)cc4)C(=O)C32c2ccc(Cl)cc2)c(OC)c1. The molecule has 7 rings (SSSR count). The maximum Gasteiger partial charge on any atom is 0.328 e. The van der Waals surface area contributed by atoms with E-state index in [1.54, 1.807) is 30.3 Å². The minimum atomic E-state index is -1.77. The number of allylic oxidation sites excluding steroid dienone is 2. The van der Waals surface area contributed by atoms with Gasteiger partial charge in [0.05, 0.1) is 43.1 Å². The molecular weight excluding hydrogens is 659 g/mol. The van der Waals surface area contributed by atoms with E-state index in [0.717, 1.165) is 5.01 Å². The van der Waals surface area contributed by atoms with Crippen LogP contribution in [0.4, 0.5) is 14.9 Å². The molecule has 1 saturated carbocycles. The van der Waals surface area contributed by atoms with Crippen molar-refractivity contribution in [2.24, 2.45) is 29.4 Å². The normalized spacial score (nSPS) is 27.3. The number of amides is 6. The lowest BCUT2D eigenvalue weighted by atomic mass is 9.49. The summed E-state index contributed by atoms with van der Waals surface area (Å²) in [6.45, 7) is 0. The van der Waals surface area contributed by atoms with Crippen molar-refractivity contribution in [1.82, 2.24) is 9.91 Å². The van der Waals surface area contributed by atoms with Crippen LogP contribution in [-0.4, -0.2) is 58.9 Å². The number of hydrazine groups is 1. The van der Waals surface area contributed by atoms with Gasteiger partial charge in [-0.3, -0.25) is 24.6 Å². The van der Waals surface area contributed by atoms with Crippen molar-refractivity contribution in [3.63, 3.8) is 0 Å². The van der Waals surface area contributed by atoms with Crippen LogP contribution in [0.3, 0.4) is 0 Å². The summed E-state index contributed by atoms with van der Waals surface area (Å²) >= 11 is 6.30. The first-order chi connectivity index (χ1) is 23.4. The predicted octanol–water partition coefficient (Wildman–Crippen LogP) is 4.27. The number of urea groups is 1. The van der Waals surface area contributed by atoms with Crippen LogP contribution >= 0.6 is 11.6 Å². The van der Waals surface area contributed by atoms with Gasteiger partial charge in [-0.15, -0.1) is 0 Å². The molecule has 2 heterocycles. The van der Waals surface area contributed by atoms with E-state index in [4.69, 9.17) is 26.8 Å². The van der Waals surface area contributed by atoms with Crippen LogP contribution in [0.2, 0.25) is 5.02 Å². The molecule has 4 N–H and O–H groups in total. The fourth-order valence-corrected chi connectivity index (χ4v) is 8.48. The molecule has 0 radical (unpaired) electrons. The molecule has 6 amide bonds. The first kappa shape index (κ1) is 32.1. The van der Waals surface area contributed by atoms with E-state index >= 15 is 4.79 Å². The molecule has 0 spiro atoms. The molecule has 3 aromatic rings. The molecule has 49 heavy (non-hydrogen) atoms. The number of nitrogens with one attached hydrogen (secondary N) is 1. The summed E-state index contributed by atoms with van der Waals surface area (Å²) in [6, 6.07) is 13.2. The van der Waals surface area contributed by atoms with E-state index in [0.29, 0.717) is 21.1 Å². The Morgan fingerprint density at radius 2 is 1.67 bits per heavy atom. The van der Waals surface area contributed by atoms with Crippen molar-refractivity contribution in [1.29, 1.82) is 0 Å². The Bertz CT molecular complexity index is 1970. The van der Waals surface area contributed by atoms with Crippen molar-refractivity contribution in [3.8, 4) is 17.2 Å². The number of hydrogen-bond donors (Lipinski definition) is 3. The molecule has 6 atom stereocenters. The van der Waals surface area contributed by atoms with Gasteiger partial charge < -0.3 is 20.3 Å². The van der Waals surface area contributed by atoms with Gasteiger partial charge in [-0.05, 0) is 60.7 Å². The highest BCUT2D eigenvalue weighted by Gasteiger charge is 2.71. The number of rotatable bonds is 6. The molecule has 2 saturated heterocycles. The van der Waals surface area contributed by atoms with Crippen LogP contribution in [0.1, 0.15) is 29.9 Å². The number of aromatic hydroxyl groups is 1. The van der Waals surface area contributed by atoms with Gasteiger partial charge in [0.25, 0.3) is 11.8 Å². The zero-order chi connectivity index (χ0) is 34.9. The highest BCUT2D eigenvalue weighted by atomic mass is 35.5. The number of benzene rings is 3. The number of phenols is 1. The van der Waals surface area contributed by atoms with E-state index in [2.05, 4.69) is 5.43 Å². The summed E-state index contributed by atoms with van der Waals surface area (Å²) in [6.07, 6.45) is 1.70. The second kappa shape index (κ2) is 11.6. The molecule has 14 heteroatoms. The molecule has 6 unspecified atom stereocenters. The molecule has 0 bridgehead atoms. The van der Waals surface area contributed by atoms with E-state index in [1.807, 2.05) is 0 Å². The fraction of sp³-hybridized carbons (Fsp3) is 0.286. The van der Waals surface area contributed by atoms with Crippen LogP contribution in [0.25, 0.3) is 0 Å². The number of anilines is 1. The smallest absolute Gasteiger partial charge is 0.328 e. The largest absolute Gasteiger partial charge is 0.507 e. The minimum Gasteiger partial charge on any atom is -0.507 e. The highest BCUT2D eigenvalue weighted by molar-refractivity contribution is 6.30. The van der Waals surface area contributed by atoms with Crippen molar-refractivity contribution in [3.05, 3.63) is 94.3 Å². The lowest BCUT2D eigenvalue weighted by Gasteiger charge is -2.50. The molecule has 0 aromatic heterocycles. The van der Waals surface area contributed by atoms with Gasteiger partial charge in [0.15, 0.2) is 0 Å². The second-order valence-electron chi connectivity index (χ2n) is 12.5. The summed E-state index contributed by atoms with van der Waals surface area (Å²) in [7, 11) is 2.79. The number of ether oxygens (including phenoxy) is 2. The lowest BCUT2D eigenvalue weighted by molar-refractivity contribution is -0.139. The molecular formula is C35H30ClFN4O8. The molecule has 12 nitrogen and oxygen atoms in total. The Morgan fingerprint density at radius 1 is 0.980 bits per heavy atom. The zero-order valence-electron chi connectivity index (χ0n) is 26.2. The summed E-state index contributed by atoms with van der Waals surface area (Å²) in [4.78, 5) is 69.6. The Kier molecular flexibility index (Phi) is 7.62. The lowest BCUT2D eigenvalue weighted by Crippen LogP contribution is -2.53. The maximum absolute atomic E-state index is 15.2. The van der Waals surface area contributed by atoms with Gasteiger partial charge in [0, 0.05) is 28.6 Å². The standard InChI is InChI=1S/C35H30ClFN4O8/c1-48-20-13-25(42)28(26(14-20)49-2)29-21-11-12-22-27(32(45)40(30(22)43)34(38)47)23(21)15-24-31(44)41(39-19-9-7-18(37)8-10-19)33(46)35(24,29)16-3-5-17(36)6-4-16/h3-11,13-14,22-24,27,29,39,42H,12,15H2,1-2H3,(H2,38,47). The number of hydrogen-bond acceptors (Lipinski definition) is 9. The number of halogens is 2. The molecule has 3 aromatic carbocycles. The predicted molar refractivity (Wildman–Crippen MR) is 172 cm³/mol. The summed E-state index contributed by atoms with van der Waals surface area (Å²) in [5.74, 6) is -8.49. The molecule has 252 valence electrons. The number of nitrogens with two attached hydrogens (primary N) is 1. The van der Waals surface area contributed by atoms with E-state index < -0.39 is 70.5 Å². The van der Waals surface area contributed by atoms with Gasteiger partial charge in [0.2, 0.25) is 11.8 Å². The number of nitrogens with zero attached hydrogens (tertiary/aromatic N) is 2. The average molecular weight is 689 g/mol. The molecule has 3 fully saturated rings.